The van der Waals surface area contributed by atoms with Gasteiger partial charge < -0.3 is 10.5 Å². The number of hydrogen-bond acceptors (Lipinski definition) is 4. The molecule has 0 aliphatic heterocycles. The largest absolute Gasteiger partial charge is 0.375 e. The van der Waals surface area contributed by atoms with Gasteiger partial charge in [0.2, 0.25) is 0 Å². The van der Waals surface area contributed by atoms with Crippen LogP contribution < -0.4 is 5.73 Å². The zero-order valence-corrected chi connectivity index (χ0v) is 7.41. The van der Waals surface area contributed by atoms with Gasteiger partial charge in [0.1, 0.15) is 10.9 Å². The Morgan fingerprint density at radius 3 is 2.90 bits per heavy atom. The number of carbonyl (C=O) groups is 1. The Hall–Kier alpha value is -0.420. The zero-order chi connectivity index (χ0) is 7.56. The van der Waals surface area contributed by atoms with Crippen LogP contribution >= 0.6 is 27.3 Å². The van der Waals surface area contributed by atoms with E-state index in [2.05, 4.69) is 20.9 Å². The summed E-state index contributed by atoms with van der Waals surface area (Å²) in [6.45, 7) is 0. The summed E-state index contributed by atoms with van der Waals surface area (Å²) in [5.41, 5.74) is 5.37. The number of halogens is 1. The maximum absolute atomic E-state index is 10.1. The van der Waals surface area contributed by atoms with Crippen molar-refractivity contribution in [3.05, 3.63) is 9.48 Å². The van der Waals surface area contributed by atoms with Crippen molar-refractivity contribution < 1.29 is 4.79 Å². The van der Waals surface area contributed by atoms with Crippen LogP contribution in [0.15, 0.2) is 4.60 Å². The van der Waals surface area contributed by atoms with Crippen LogP contribution in [-0.4, -0.2) is 11.3 Å². The highest BCUT2D eigenvalue weighted by Crippen LogP contribution is 2.24. The predicted molar refractivity (Wildman–Crippen MR) is 44.0 cm³/mol. The number of hydrogen-bond donors (Lipinski definition) is 1. The highest BCUT2D eigenvalue weighted by Gasteiger charge is 2.04. The molecule has 2 N–H and O–H groups in total. The monoisotopic (exact) mass is 220 g/mol. The van der Waals surface area contributed by atoms with Gasteiger partial charge >= 0.3 is 0 Å². The Morgan fingerprint density at radius 1 is 1.80 bits per heavy atom. The van der Waals surface area contributed by atoms with Gasteiger partial charge in [0.25, 0.3) is 0 Å². The van der Waals surface area contributed by atoms with E-state index >= 15 is 0 Å². The maximum atomic E-state index is 10.1. The van der Waals surface area contributed by atoms with E-state index in [1.165, 1.54) is 11.3 Å². The van der Waals surface area contributed by atoms with Crippen LogP contribution in [0.4, 0.5) is 5.13 Å². The lowest BCUT2D eigenvalue weighted by molar-refractivity contribution is -0.107. The van der Waals surface area contributed by atoms with Gasteiger partial charge in [-0.05, 0) is 15.9 Å². The molecule has 0 atom stereocenters. The van der Waals surface area contributed by atoms with Crippen molar-refractivity contribution in [1.82, 2.24) is 4.98 Å². The van der Waals surface area contributed by atoms with E-state index in [9.17, 15) is 4.79 Å². The first-order chi connectivity index (χ1) is 4.74. The maximum Gasteiger partial charge on any atom is 0.181 e. The van der Waals surface area contributed by atoms with E-state index in [0.717, 1.165) is 11.2 Å². The minimum Gasteiger partial charge on any atom is -0.375 e. The van der Waals surface area contributed by atoms with Gasteiger partial charge in [0, 0.05) is 11.3 Å². The number of nitrogens with zero attached hydrogens (tertiary/aromatic N) is 1. The third-order valence-electron chi connectivity index (χ3n) is 0.935. The molecule has 0 saturated carbocycles. The third kappa shape index (κ3) is 1.54. The Morgan fingerprint density at radius 2 is 2.50 bits per heavy atom. The summed E-state index contributed by atoms with van der Waals surface area (Å²) in [4.78, 5) is 14.8. The molecule has 0 fully saturated rings. The number of anilines is 1. The molecule has 0 amide bonds. The number of carbonyl (C=O) groups excluding carboxylic acids is 1. The van der Waals surface area contributed by atoms with E-state index in [1.54, 1.807) is 0 Å². The SMILES string of the molecule is Nc1nc(Br)c(CC=O)s1. The van der Waals surface area contributed by atoms with E-state index in [4.69, 9.17) is 5.73 Å². The standard InChI is InChI=1S/C5H5BrN2OS/c6-4-3(1-2-9)10-5(7)8-4/h2H,1H2,(H2,7,8). The van der Waals surface area contributed by atoms with Crippen LogP contribution in [0.3, 0.4) is 0 Å². The lowest BCUT2D eigenvalue weighted by Crippen LogP contribution is -1.80. The molecule has 1 aromatic heterocycles. The molecule has 0 bridgehead atoms. The van der Waals surface area contributed by atoms with Gasteiger partial charge in [-0.1, -0.05) is 0 Å². The van der Waals surface area contributed by atoms with Crippen molar-refractivity contribution in [3.63, 3.8) is 0 Å². The van der Waals surface area contributed by atoms with Gasteiger partial charge in [-0.2, -0.15) is 0 Å². The van der Waals surface area contributed by atoms with Gasteiger partial charge in [-0.15, -0.1) is 11.3 Å². The average Bonchev–Trinajstić information content (AvgIpc) is 2.13. The smallest absolute Gasteiger partial charge is 0.181 e. The zero-order valence-electron chi connectivity index (χ0n) is 5.00. The van der Waals surface area contributed by atoms with Crippen molar-refractivity contribution in [1.29, 1.82) is 0 Å². The van der Waals surface area contributed by atoms with Crippen LogP contribution in [0.2, 0.25) is 0 Å². The fourth-order valence-electron chi connectivity index (χ4n) is 0.552. The first-order valence-corrected chi connectivity index (χ1v) is 4.19. The summed E-state index contributed by atoms with van der Waals surface area (Å²) in [7, 11) is 0. The van der Waals surface area contributed by atoms with Crippen LogP contribution in [0, 0.1) is 0 Å². The second-order valence-electron chi connectivity index (χ2n) is 1.64. The van der Waals surface area contributed by atoms with Gasteiger partial charge in [-0.3, -0.25) is 0 Å². The van der Waals surface area contributed by atoms with Crippen molar-refractivity contribution in [2.24, 2.45) is 0 Å². The van der Waals surface area contributed by atoms with Crippen LogP contribution in [0.1, 0.15) is 4.88 Å². The van der Waals surface area contributed by atoms with E-state index < -0.39 is 0 Å². The van der Waals surface area contributed by atoms with Crippen LogP contribution in [0.25, 0.3) is 0 Å². The Kier molecular flexibility index (Phi) is 2.39. The number of aromatic nitrogens is 1. The number of thiazole rings is 1. The molecule has 5 heteroatoms. The number of aldehydes is 1. The minimum absolute atomic E-state index is 0.384. The Bertz CT molecular complexity index is 248. The summed E-state index contributed by atoms with van der Waals surface area (Å²) in [6.07, 6.45) is 1.22. The second-order valence-corrected chi connectivity index (χ2v) is 3.50. The molecule has 0 aliphatic rings. The molecular formula is C5H5BrN2OS. The molecule has 54 valence electrons. The Balaban J connectivity index is 2.91. The molecule has 1 heterocycles. The van der Waals surface area contributed by atoms with Crippen molar-refractivity contribution in [2.45, 2.75) is 6.42 Å². The first kappa shape index (κ1) is 7.68. The summed E-state index contributed by atoms with van der Waals surface area (Å²) in [5.74, 6) is 0. The van der Waals surface area contributed by atoms with Crippen LogP contribution in [-0.2, 0) is 11.2 Å². The normalized spacial score (nSPS) is 9.70. The molecule has 0 radical (unpaired) electrons. The molecule has 0 unspecified atom stereocenters. The Labute approximate surface area is 70.4 Å². The van der Waals surface area contributed by atoms with Crippen molar-refractivity contribution >= 4 is 38.7 Å². The highest BCUT2D eigenvalue weighted by molar-refractivity contribution is 9.10. The van der Waals surface area contributed by atoms with Crippen molar-refractivity contribution in [2.75, 3.05) is 5.73 Å². The van der Waals surface area contributed by atoms with Gasteiger partial charge in [0.05, 0.1) is 0 Å². The first-order valence-electron chi connectivity index (χ1n) is 2.58. The summed E-state index contributed by atoms with van der Waals surface area (Å²) in [6, 6.07) is 0. The lowest BCUT2D eigenvalue weighted by atomic mass is 10.4. The number of rotatable bonds is 2. The van der Waals surface area contributed by atoms with Crippen LogP contribution in [0.5, 0.6) is 0 Å². The van der Waals surface area contributed by atoms with E-state index in [0.29, 0.717) is 16.2 Å². The number of nitrogen functional groups attached to an aromatic ring is 1. The fourth-order valence-corrected chi connectivity index (χ4v) is 1.94. The quantitative estimate of drug-likeness (QED) is 0.764. The van der Waals surface area contributed by atoms with Gasteiger partial charge in [0.15, 0.2) is 5.13 Å². The fraction of sp³-hybridized carbons (Fsp3) is 0.200. The summed E-state index contributed by atoms with van der Waals surface area (Å²) < 4.78 is 0.682. The topological polar surface area (TPSA) is 56.0 Å². The molecule has 1 aromatic rings. The molecule has 0 spiro atoms. The molecule has 1 rings (SSSR count). The molecule has 0 saturated heterocycles. The number of nitrogens with two attached hydrogens (primary N) is 1. The molecule has 0 aromatic carbocycles. The highest BCUT2D eigenvalue weighted by atomic mass is 79.9. The third-order valence-corrected chi connectivity index (χ3v) is 2.76. The predicted octanol–water partition coefficient (Wildman–Crippen LogP) is 1.23. The average molecular weight is 221 g/mol. The van der Waals surface area contributed by atoms with Gasteiger partial charge in [-0.25, -0.2) is 4.98 Å². The summed E-state index contributed by atoms with van der Waals surface area (Å²) >= 11 is 4.51. The van der Waals surface area contributed by atoms with Crippen molar-refractivity contribution in [3.8, 4) is 0 Å². The van der Waals surface area contributed by atoms with E-state index in [-0.39, 0.29) is 0 Å². The second kappa shape index (κ2) is 3.12. The summed E-state index contributed by atoms with van der Waals surface area (Å²) in [5, 5.41) is 0.490. The van der Waals surface area contributed by atoms with E-state index in [1.807, 2.05) is 0 Å². The molecular weight excluding hydrogens is 216 g/mol. The molecule has 10 heavy (non-hydrogen) atoms. The molecule has 3 nitrogen and oxygen atoms in total. The minimum atomic E-state index is 0.384. The lowest BCUT2D eigenvalue weighted by Gasteiger charge is -1.82. The molecule has 0 aliphatic carbocycles.